The smallest absolute Gasteiger partial charge is 0.119 e. The van der Waals surface area contributed by atoms with E-state index >= 15 is 0 Å². The molecule has 0 bridgehead atoms. The average Bonchev–Trinajstić information content (AvgIpc) is 2.69. The van der Waals surface area contributed by atoms with Gasteiger partial charge in [0.1, 0.15) is 5.75 Å². The van der Waals surface area contributed by atoms with Crippen molar-refractivity contribution >= 4 is 5.69 Å². The Morgan fingerprint density at radius 3 is 3.06 bits per heavy atom. The summed E-state index contributed by atoms with van der Waals surface area (Å²) in [7, 11) is 3.72. The molecule has 0 amide bonds. The molecule has 88 valence electrons. The zero-order valence-electron chi connectivity index (χ0n) is 10.2. The van der Waals surface area contributed by atoms with Gasteiger partial charge in [-0.1, -0.05) is 0 Å². The van der Waals surface area contributed by atoms with Crippen LogP contribution in [0.1, 0.15) is 18.9 Å². The van der Waals surface area contributed by atoms with Crippen molar-refractivity contribution in [2.45, 2.75) is 31.8 Å². The molecule has 2 rings (SSSR count). The van der Waals surface area contributed by atoms with E-state index in [4.69, 9.17) is 4.74 Å². The van der Waals surface area contributed by atoms with E-state index in [9.17, 15) is 0 Å². The molecule has 0 fully saturated rings. The summed E-state index contributed by atoms with van der Waals surface area (Å²) in [5.41, 5.74) is 2.63. The summed E-state index contributed by atoms with van der Waals surface area (Å²) >= 11 is 0. The number of hydrogen-bond donors (Lipinski definition) is 2. The van der Waals surface area contributed by atoms with Crippen LogP contribution in [-0.4, -0.2) is 26.2 Å². The predicted molar refractivity (Wildman–Crippen MR) is 67.2 cm³/mol. The molecule has 1 aliphatic rings. The Labute approximate surface area is 97.2 Å². The van der Waals surface area contributed by atoms with Gasteiger partial charge in [0, 0.05) is 17.8 Å². The number of anilines is 1. The summed E-state index contributed by atoms with van der Waals surface area (Å²) in [4.78, 5) is 0. The SMILES string of the molecule is CNC(C)CC1Cc2cc(OC)ccc2N1. The van der Waals surface area contributed by atoms with Gasteiger partial charge in [-0.25, -0.2) is 0 Å². The summed E-state index contributed by atoms with van der Waals surface area (Å²) < 4.78 is 5.24. The highest BCUT2D eigenvalue weighted by Crippen LogP contribution is 2.30. The highest BCUT2D eigenvalue weighted by Gasteiger charge is 2.22. The van der Waals surface area contributed by atoms with Gasteiger partial charge in [-0.15, -0.1) is 0 Å². The van der Waals surface area contributed by atoms with Gasteiger partial charge in [0.25, 0.3) is 0 Å². The maximum atomic E-state index is 5.24. The highest BCUT2D eigenvalue weighted by atomic mass is 16.5. The molecule has 2 unspecified atom stereocenters. The summed E-state index contributed by atoms with van der Waals surface area (Å²) in [6, 6.07) is 7.35. The third kappa shape index (κ3) is 2.30. The number of ether oxygens (including phenoxy) is 1. The molecule has 3 heteroatoms. The van der Waals surface area contributed by atoms with Gasteiger partial charge >= 0.3 is 0 Å². The molecule has 16 heavy (non-hydrogen) atoms. The summed E-state index contributed by atoms with van der Waals surface area (Å²) in [5, 5.41) is 6.83. The molecule has 0 aromatic heterocycles. The maximum absolute atomic E-state index is 5.24. The fraction of sp³-hybridized carbons (Fsp3) is 0.538. The van der Waals surface area contributed by atoms with Gasteiger partial charge in [-0.3, -0.25) is 0 Å². The third-order valence-electron chi connectivity index (χ3n) is 3.27. The highest BCUT2D eigenvalue weighted by molar-refractivity contribution is 5.59. The lowest BCUT2D eigenvalue weighted by molar-refractivity contribution is 0.414. The Morgan fingerprint density at radius 1 is 1.56 bits per heavy atom. The first-order valence-corrected chi connectivity index (χ1v) is 5.83. The number of rotatable bonds is 4. The number of hydrogen-bond acceptors (Lipinski definition) is 3. The second-order valence-corrected chi connectivity index (χ2v) is 4.49. The van der Waals surface area contributed by atoms with Crippen molar-refractivity contribution in [2.75, 3.05) is 19.5 Å². The average molecular weight is 220 g/mol. The van der Waals surface area contributed by atoms with E-state index < -0.39 is 0 Å². The second kappa shape index (κ2) is 4.74. The van der Waals surface area contributed by atoms with E-state index in [0.717, 1.165) is 18.6 Å². The zero-order valence-corrected chi connectivity index (χ0v) is 10.2. The van der Waals surface area contributed by atoms with Crippen LogP contribution in [0, 0.1) is 0 Å². The van der Waals surface area contributed by atoms with Crippen molar-refractivity contribution in [3.8, 4) is 5.75 Å². The molecule has 3 nitrogen and oxygen atoms in total. The zero-order chi connectivity index (χ0) is 11.5. The molecule has 0 aliphatic carbocycles. The molecule has 2 N–H and O–H groups in total. The largest absolute Gasteiger partial charge is 0.497 e. The van der Waals surface area contributed by atoms with E-state index in [1.54, 1.807) is 7.11 Å². The van der Waals surface area contributed by atoms with Gasteiger partial charge in [-0.2, -0.15) is 0 Å². The van der Waals surface area contributed by atoms with E-state index in [2.05, 4.69) is 29.7 Å². The normalized spacial score (nSPS) is 20.1. The molecule has 0 spiro atoms. The minimum absolute atomic E-state index is 0.546. The summed E-state index contributed by atoms with van der Waals surface area (Å²) in [5.74, 6) is 0.947. The molecular weight excluding hydrogens is 200 g/mol. The molecule has 1 heterocycles. The van der Waals surface area contributed by atoms with Crippen LogP contribution in [0.4, 0.5) is 5.69 Å². The number of benzene rings is 1. The topological polar surface area (TPSA) is 33.3 Å². The fourth-order valence-corrected chi connectivity index (χ4v) is 2.23. The van der Waals surface area contributed by atoms with Crippen LogP contribution in [0.3, 0.4) is 0 Å². The Bertz CT molecular complexity index is 365. The quantitative estimate of drug-likeness (QED) is 0.814. The third-order valence-corrected chi connectivity index (χ3v) is 3.27. The van der Waals surface area contributed by atoms with Crippen molar-refractivity contribution < 1.29 is 4.74 Å². The van der Waals surface area contributed by atoms with Crippen LogP contribution >= 0.6 is 0 Å². The van der Waals surface area contributed by atoms with Crippen LogP contribution in [-0.2, 0) is 6.42 Å². The molecule has 1 aromatic carbocycles. The lowest BCUT2D eigenvalue weighted by Crippen LogP contribution is -2.29. The van der Waals surface area contributed by atoms with E-state index in [1.165, 1.54) is 11.3 Å². The van der Waals surface area contributed by atoms with Crippen LogP contribution < -0.4 is 15.4 Å². The van der Waals surface area contributed by atoms with Crippen LogP contribution in [0.5, 0.6) is 5.75 Å². The standard InChI is InChI=1S/C13H20N2O/c1-9(14-2)6-11-7-10-8-12(16-3)4-5-13(10)15-11/h4-5,8-9,11,14-15H,6-7H2,1-3H3. The monoisotopic (exact) mass is 220 g/mol. The van der Waals surface area contributed by atoms with Gasteiger partial charge in [0.05, 0.1) is 7.11 Å². The Kier molecular flexibility index (Phi) is 3.34. The van der Waals surface area contributed by atoms with Crippen molar-refractivity contribution in [3.05, 3.63) is 23.8 Å². The van der Waals surface area contributed by atoms with Gasteiger partial charge in [-0.05, 0) is 50.6 Å². The lowest BCUT2D eigenvalue weighted by atomic mass is 10.0. The van der Waals surface area contributed by atoms with Gasteiger partial charge in [0.15, 0.2) is 0 Å². The van der Waals surface area contributed by atoms with Crippen molar-refractivity contribution in [2.24, 2.45) is 0 Å². The second-order valence-electron chi connectivity index (χ2n) is 4.49. The first kappa shape index (κ1) is 11.3. The van der Waals surface area contributed by atoms with E-state index in [0.29, 0.717) is 12.1 Å². The number of methoxy groups -OCH3 is 1. The first-order chi connectivity index (χ1) is 7.72. The molecule has 0 saturated carbocycles. The number of fused-ring (bicyclic) bond motifs is 1. The van der Waals surface area contributed by atoms with Crippen LogP contribution in [0.2, 0.25) is 0 Å². The van der Waals surface area contributed by atoms with Crippen molar-refractivity contribution in [1.82, 2.24) is 5.32 Å². The van der Waals surface area contributed by atoms with Gasteiger partial charge in [0.2, 0.25) is 0 Å². The first-order valence-electron chi connectivity index (χ1n) is 5.83. The molecule has 1 aliphatic heterocycles. The van der Waals surface area contributed by atoms with Crippen LogP contribution in [0.25, 0.3) is 0 Å². The molecule has 2 atom stereocenters. The minimum atomic E-state index is 0.546. The van der Waals surface area contributed by atoms with Crippen molar-refractivity contribution in [1.29, 1.82) is 0 Å². The van der Waals surface area contributed by atoms with Gasteiger partial charge < -0.3 is 15.4 Å². The summed E-state index contributed by atoms with van der Waals surface area (Å²) in [6.45, 7) is 2.21. The maximum Gasteiger partial charge on any atom is 0.119 e. The van der Waals surface area contributed by atoms with E-state index in [1.807, 2.05) is 13.1 Å². The van der Waals surface area contributed by atoms with Crippen LogP contribution in [0.15, 0.2) is 18.2 Å². The van der Waals surface area contributed by atoms with E-state index in [-0.39, 0.29) is 0 Å². The Morgan fingerprint density at radius 2 is 2.38 bits per heavy atom. The minimum Gasteiger partial charge on any atom is -0.497 e. The number of nitrogens with one attached hydrogen (secondary N) is 2. The lowest BCUT2D eigenvalue weighted by Gasteiger charge is -2.16. The molecular formula is C13H20N2O. The Balaban J connectivity index is 2.03. The predicted octanol–water partition coefficient (Wildman–Crippen LogP) is 2.03. The fourth-order valence-electron chi connectivity index (χ4n) is 2.23. The molecule has 0 radical (unpaired) electrons. The summed E-state index contributed by atoms with van der Waals surface area (Å²) in [6.07, 6.45) is 2.24. The Hall–Kier alpha value is -1.22. The molecule has 0 saturated heterocycles. The molecule has 1 aromatic rings. The van der Waals surface area contributed by atoms with Crippen molar-refractivity contribution in [3.63, 3.8) is 0 Å².